The molecule has 0 bridgehead atoms. The van der Waals surface area contributed by atoms with Crippen LogP contribution in [-0.4, -0.2) is 13.2 Å². The van der Waals surface area contributed by atoms with Gasteiger partial charge in [-0.25, -0.2) is 4.79 Å². The van der Waals surface area contributed by atoms with Gasteiger partial charge in [0.25, 0.3) is 0 Å². The lowest BCUT2D eigenvalue weighted by Gasteiger charge is -2.19. The smallest absolute Gasteiger partial charge is 0.339 e. The molecule has 4 nitrogen and oxygen atoms in total. The fourth-order valence-corrected chi connectivity index (χ4v) is 3.36. The van der Waals surface area contributed by atoms with E-state index in [0.717, 1.165) is 67.9 Å². The summed E-state index contributed by atoms with van der Waals surface area (Å²) in [6, 6.07) is 3.99. The molecule has 0 saturated carbocycles. The summed E-state index contributed by atoms with van der Waals surface area (Å²) >= 11 is 0. The number of hydrogen-bond donors (Lipinski definition) is 0. The highest BCUT2D eigenvalue weighted by Crippen LogP contribution is 2.38. The SMILES string of the molecule is CCCCOc1ccc2c3c(c(=O)oc2c1OCCCC)CCCC3. The van der Waals surface area contributed by atoms with Gasteiger partial charge in [0.1, 0.15) is 0 Å². The highest BCUT2D eigenvalue weighted by molar-refractivity contribution is 5.88. The zero-order chi connectivity index (χ0) is 17.6. The average Bonchev–Trinajstić information content (AvgIpc) is 2.63. The Kier molecular flexibility index (Phi) is 6.00. The maximum absolute atomic E-state index is 12.5. The fraction of sp³-hybridized carbons (Fsp3) is 0.571. The van der Waals surface area contributed by atoms with Crippen LogP contribution in [0.5, 0.6) is 11.5 Å². The van der Waals surface area contributed by atoms with Crippen molar-refractivity contribution in [1.29, 1.82) is 0 Å². The highest BCUT2D eigenvalue weighted by atomic mass is 16.5. The minimum absolute atomic E-state index is 0.215. The van der Waals surface area contributed by atoms with Crippen LogP contribution in [0.1, 0.15) is 63.5 Å². The summed E-state index contributed by atoms with van der Waals surface area (Å²) in [7, 11) is 0. The van der Waals surface area contributed by atoms with Gasteiger partial charge in [0.2, 0.25) is 5.75 Å². The van der Waals surface area contributed by atoms with Gasteiger partial charge >= 0.3 is 5.63 Å². The summed E-state index contributed by atoms with van der Waals surface area (Å²) in [6.07, 6.45) is 7.99. The van der Waals surface area contributed by atoms with Gasteiger partial charge in [0.15, 0.2) is 11.3 Å². The molecule has 0 saturated heterocycles. The number of ether oxygens (including phenoxy) is 2. The van der Waals surface area contributed by atoms with E-state index in [4.69, 9.17) is 13.9 Å². The third-order valence-corrected chi connectivity index (χ3v) is 4.81. The normalized spacial score (nSPS) is 13.7. The summed E-state index contributed by atoms with van der Waals surface area (Å²) in [5.74, 6) is 1.27. The van der Waals surface area contributed by atoms with E-state index in [2.05, 4.69) is 13.8 Å². The number of fused-ring (bicyclic) bond motifs is 3. The number of unbranched alkanes of at least 4 members (excludes halogenated alkanes) is 2. The van der Waals surface area contributed by atoms with Crippen molar-refractivity contribution in [3.63, 3.8) is 0 Å². The van der Waals surface area contributed by atoms with Gasteiger partial charge in [-0.1, -0.05) is 26.7 Å². The molecule has 25 heavy (non-hydrogen) atoms. The Balaban J connectivity index is 2.07. The Morgan fingerprint density at radius 1 is 0.960 bits per heavy atom. The average molecular weight is 344 g/mol. The second-order valence-corrected chi connectivity index (χ2v) is 6.73. The molecule has 0 aliphatic heterocycles. The van der Waals surface area contributed by atoms with Gasteiger partial charge in [0.05, 0.1) is 13.2 Å². The predicted molar refractivity (Wildman–Crippen MR) is 99.9 cm³/mol. The van der Waals surface area contributed by atoms with Gasteiger partial charge in [-0.05, 0) is 56.2 Å². The van der Waals surface area contributed by atoms with E-state index >= 15 is 0 Å². The van der Waals surface area contributed by atoms with E-state index in [-0.39, 0.29) is 5.63 Å². The Hall–Kier alpha value is -1.97. The number of benzene rings is 1. The molecule has 0 N–H and O–H groups in total. The summed E-state index contributed by atoms with van der Waals surface area (Å²) < 4.78 is 17.6. The standard InChI is InChI=1S/C21H28O4/c1-3-5-13-23-18-12-11-16-15-9-7-8-10-17(15)21(22)25-19(16)20(18)24-14-6-4-2/h11-12H,3-10,13-14H2,1-2H3. The lowest BCUT2D eigenvalue weighted by Crippen LogP contribution is -2.16. The molecule has 1 aromatic carbocycles. The Labute approximate surface area is 149 Å². The molecular formula is C21H28O4. The number of hydrogen-bond acceptors (Lipinski definition) is 4. The fourth-order valence-electron chi connectivity index (χ4n) is 3.36. The van der Waals surface area contributed by atoms with E-state index in [0.29, 0.717) is 30.3 Å². The highest BCUT2D eigenvalue weighted by Gasteiger charge is 2.22. The molecule has 2 aromatic rings. The van der Waals surface area contributed by atoms with E-state index in [1.807, 2.05) is 12.1 Å². The third kappa shape index (κ3) is 3.83. The van der Waals surface area contributed by atoms with Gasteiger partial charge in [-0.2, -0.15) is 0 Å². The molecule has 0 radical (unpaired) electrons. The quantitative estimate of drug-likeness (QED) is 0.498. The number of rotatable bonds is 8. The van der Waals surface area contributed by atoms with Crippen LogP contribution in [0, 0.1) is 0 Å². The van der Waals surface area contributed by atoms with Gasteiger partial charge in [0, 0.05) is 10.9 Å². The Bertz CT molecular complexity index is 776. The van der Waals surface area contributed by atoms with Crippen molar-refractivity contribution in [2.75, 3.05) is 13.2 Å². The second-order valence-electron chi connectivity index (χ2n) is 6.73. The van der Waals surface area contributed by atoms with Gasteiger partial charge < -0.3 is 13.9 Å². The summed E-state index contributed by atoms with van der Waals surface area (Å²) in [5, 5.41) is 1.00. The molecule has 1 aliphatic rings. The molecule has 1 aliphatic carbocycles. The van der Waals surface area contributed by atoms with Crippen LogP contribution in [0.3, 0.4) is 0 Å². The first-order chi connectivity index (χ1) is 12.3. The maximum atomic E-state index is 12.5. The number of aryl methyl sites for hydroxylation is 1. The van der Waals surface area contributed by atoms with E-state index in [1.54, 1.807) is 0 Å². The molecule has 0 spiro atoms. The Morgan fingerprint density at radius 2 is 1.64 bits per heavy atom. The van der Waals surface area contributed by atoms with Crippen LogP contribution in [0.25, 0.3) is 11.0 Å². The van der Waals surface area contributed by atoms with Gasteiger partial charge in [-0.3, -0.25) is 0 Å². The lowest BCUT2D eigenvalue weighted by atomic mass is 9.90. The third-order valence-electron chi connectivity index (χ3n) is 4.81. The molecule has 3 rings (SSSR count). The second kappa shape index (κ2) is 8.41. The van der Waals surface area contributed by atoms with Crippen LogP contribution in [0.2, 0.25) is 0 Å². The topological polar surface area (TPSA) is 48.7 Å². The van der Waals surface area contributed by atoms with E-state index < -0.39 is 0 Å². The van der Waals surface area contributed by atoms with Crippen LogP contribution >= 0.6 is 0 Å². The van der Waals surface area contributed by atoms with Crippen molar-refractivity contribution in [3.05, 3.63) is 33.7 Å². The van der Waals surface area contributed by atoms with E-state index in [9.17, 15) is 4.79 Å². The maximum Gasteiger partial charge on any atom is 0.339 e. The van der Waals surface area contributed by atoms with Crippen molar-refractivity contribution < 1.29 is 13.9 Å². The first kappa shape index (κ1) is 17.8. The van der Waals surface area contributed by atoms with Crippen molar-refractivity contribution in [1.82, 2.24) is 0 Å². The molecule has 0 fully saturated rings. The molecule has 1 aromatic heterocycles. The molecule has 0 unspecified atom stereocenters. The monoisotopic (exact) mass is 344 g/mol. The molecule has 0 amide bonds. The van der Waals surface area contributed by atoms with Gasteiger partial charge in [-0.15, -0.1) is 0 Å². The van der Waals surface area contributed by atoms with Crippen molar-refractivity contribution in [2.24, 2.45) is 0 Å². The molecular weight excluding hydrogens is 316 g/mol. The van der Waals surface area contributed by atoms with E-state index in [1.165, 1.54) is 0 Å². The largest absolute Gasteiger partial charge is 0.490 e. The van der Waals surface area contributed by atoms with Crippen LogP contribution in [-0.2, 0) is 12.8 Å². The summed E-state index contributed by atoms with van der Waals surface area (Å²) in [6.45, 7) is 5.50. The minimum atomic E-state index is -0.215. The Morgan fingerprint density at radius 3 is 2.36 bits per heavy atom. The van der Waals surface area contributed by atoms with Crippen LogP contribution < -0.4 is 15.1 Å². The molecule has 0 atom stereocenters. The molecule has 4 heteroatoms. The van der Waals surface area contributed by atoms with Crippen molar-refractivity contribution in [3.8, 4) is 11.5 Å². The molecule has 136 valence electrons. The first-order valence-corrected chi connectivity index (χ1v) is 9.63. The zero-order valence-electron chi connectivity index (χ0n) is 15.4. The first-order valence-electron chi connectivity index (χ1n) is 9.63. The van der Waals surface area contributed by atoms with Crippen molar-refractivity contribution >= 4 is 11.0 Å². The lowest BCUT2D eigenvalue weighted by molar-refractivity contribution is 0.261. The van der Waals surface area contributed by atoms with Crippen molar-refractivity contribution in [2.45, 2.75) is 65.2 Å². The zero-order valence-corrected chi connectivity index (χ0v) is 15.4. The predicted octanol–water partition coefficient (Wildman–Crippen LogP) is 5.03. The van der Waals surface area contributed by atoms with Crippen LogP contribution in [0.15, 0.2) is 21.3 Å². The summed E-state index contributed by atoms with van der Waals surface area (Å²) in [5.41, 5.74) is 2.32. The van der Waals surface area contributed by atoms with Crippen LogP contribution in [0.4, 0.5) is 0 Å². The molecule has 1 heterocycles. The summed E-state index contributed by atoms with van der Waals surface area (Å²) in [4.78, 5) is 12.5. The minimum Gasteiger partial charge on any atom is -0.490 e.